The highest BCUT2D eigenvalue weighted by molar-refractivity contribution is 5.92. The average molecular weight is 466 g/mol. The van der Waals surface area contributed by atoms with Crippen molar-refractivity contribution in [3.05, 3.63) is 30.1 Å². The highest BCUT2D eigenvalue weighted by Gasteiger charge is 2.38. The molecule has 0 saturated carbocycles. The van der Waals surface area contributed by atoms with Crippen LogP contribution in [-0.4, -0.2) is 72.3 Å². The number of hydrogen-bond acceptors (Lipinski definition) is 4. The van der Waals surface area contributed by atoms with E-state index in [2.05, 4.69) is 11.8 Å². The number of anilines is 1. The molecule has 6 nitrogen and oxygen atoms in total. The number of hydrogen-bond donors (Lipinski definition) is 0. The Morgan fingerprint density at radius 2 is 1.82 bits per heavy atom. The van der Waals surface area contributed by atoms with Gasteiger partial charge in [0.05, 0.1) is 0 Å². The number of amides is 2. The first-order chi connectivity index (χ1) is 15.8. The predicted octanol–water partition coefficient (Wildman–Crippen LogP) is 4.77. The van der Waals surface area contributed by atoms with E-state index in [0.29, 0.717) is 6.04 Å². The summed E-state index contributed by atoms with van der Waals surface area (Å²) < 4.78 is 30.9. The van der Waals surface area contributed by atoms with Crippen LogP contribution in [0.4, 0.5) is 19.3 Å². The molecule has 184 valence electrons. The largest absolute Gasteiger partial charge is 0.447 e. The van der Waals surface area contributed by atoms with E-state index in [9.17, 15) is 18.4 Å². The Bertz CT molecular complexity index is 784. The minimum Gasteiger partial charge on any atom is -0.447 e. The van der Waals surface area contributed by atoms with Gasteiger partial charge in [-0.15, -0.1) is 0 Å². The van der Waals surface area contributed by atoms with E-state index in [0.717, 1.165) is 57.3 Å². The van der Waals surface area contributed by atoms with Gasteiger partial charge in [0.15, 0.2) is 0 Å². The summed E-state index contributed by atoms with van der Waals surface area (Å²) in [5.41, 5.74) is 0.733. The first-order valence-electron chi connectivity index (χ1n) is 12.2. The van der Waals surface area contributed by atoms with Gasteiger partial charge in [-0.25, -0.2) is 13.6 Å². The van der Waals surface area contributed by atoms with E-state index < -0.39 is 12.8 Å². The molecule has 2 aliphatic rings. The van der Waals surface area contributed by atoms with E-state index in [4.69, 9.17) is 4.74 Å². The minimum atomic E-state index is -0.666. The number of likely N-dealkylation sites (tertiary alicyclic amines) is 2. The molecule has 2 amide bonds. The van der Waals surface area contributed by atoms with Gasteiger partial charge in [-0.05, 0) is 69.7 Å². The fourth-order valence-electron chi connectivity index (χ4n) is 5.48. The SMILES string of the molecule is CCC(CC1CCC(C)N1C(=O)OCCF)N1CCC(N(C(C)=O)c2ccc(F)cc2)CC1. The average Bonchev–Trinajstić information content (AvgIpc) is 3.17. The first-order valence-corrected chi connectivity index (χ1v) is 12.2. The quantitative estimate of drug-likeness (QED) is 0.555. The van der Waals surface area contributed by atoms with E-state index in [1.54, 1.807) is 28.9 Å². The summed E-state index contributed by atoms with van der Waals surface area (Å²) in [5, 5.41) is 0. The number of halogens is 2. The van der Waals surface area contributed by atoms with Crippen molar-refractivity contribution in [3.8, 4) is 0 Å². The highest BCUT2D eigenvalue weighted by atomic mass is 19.1. The maximum atomic E-state index is 13.3. The molecule has 8 heteroatoms. The Morgan fingerprint density at radius 3 is 2.39 bits per heavy atom. The van der Waals surface area contributed by atoms with Gasteiger partial charge >= 0.3 is 6.09 Å². The molecular formula is C25H37F2N3O3. The number of nitrogens with zero attached hydrogens (tertiary/aromatic N) is 3. The lowest BCUT2D eigenvalue weighted by atomic mass is 9.96. The summed E-state index contributed by atoms with van der Waals surface area (Å²) in [6.45, 7) is 6.62. The van der Waals surface area contributed by atoms with Crippen LogP contribution in [0.3, 0.4) is 0 Å². The number of rotatable bonds is 8. The van der Waals surface area contributed by atoms with Crippen molar-refractivity contribution in [2.75, 3.05) is 31.3 Å². The summed E-state index contributed by atoms with van der Waals surface area (Å²) in [6.07, 6.45) is 4.98. The lowest BCUT2D eigenvalue weighted by Crippen LogP contribution is -2.51. The third-order valence-electron chi connectivity index (χ3n) is 7.14. The second-order valence-corrected chi connectivity index (χ2v) is 9.22. The summed E-state index contributed by atoms with van der Waals surface area (Å²) >= 11 is 0. The van der Waals surface area contributed by atoms with Crippen molar-refractivity contribution >= 4 is 17.7 Å². The lowest BCUT2D eigenvalue weighted by Gasteiger charge is -2.42. The molecule has 2 heterocycles. The van der Waals surface area contributed by atoms with Crippen LogP contribution < -0.4 is 4.90 Å². The van der Waals surface area contributed by atoms with Gasteiger partial charge in [0.1, 0.15) is 19.1 Å². The summed E-state index contributed by atoms with van der Waals surface area (Å²) in [4.78, 5) is 30.9. The number of benzene rings is 1. The third-order valence-corrected chi connectivity index (χ3v) is 7.14. The number of piperidine rings is 1. The number of alkyl halides is 1. The molecule has 2 fully saturated rings. The van der Waals surface area contributed by atoms with Gasteiger partial charge in [-0.1, -0.05) is 6.92 Å². The molecule has 3 unspecified atom stereocenters. The van der Waals surface area contributed by atoms with Gasteiger partial charge < -0.3 is 19.4 Å². The van der Waals surface area contributed by atoms with Gasteiger partial charge in [0, 0.05) is 49.9 Å². The maximum Gasteiger partial charge on any atom is 0.410 e. The van der Waals surface area contributed by atoms with Crippen molar-refractivity contribution < 1.29 is 23.1 Å². The Balaban J connectivity index is 1.60. The normalized spacial score (nSPS) is 22.9. The van der Waals surface area contributed by atoms with E-state index in [-0.39, 0.29) is 36.5 Å². The molecule has 0 radical (unpaired) electrons. The van der Waals surface area contributed by atoms with Gasteiger partial charge in [-0.3, -0.25) is 4.79 Å². The summed E-state index contributed by atoms with van der Waals surface area (Å²) in [5.74, 6) is -0.346. The summed E-state index contributed by atoms with van der Waals surface area (Å²) in [6, 6.07) is 6.72. The van der Waals surface area contributed by atoms with Crippen molar-refractivity contribution in [2.24, 2.45) is 0 Å². The van der Waals surface area contributed by atoms with Crippen LogP contribution in [0.2, 0.25) is 0 Å². The number of ether oxygens (including phenoxy) is 1. The van der Waals surface area contributed by atoms with E-state index in [1.807, 2.05) is 6.92 Å². The molecule has 2 saturated heterocycles. The predicted molar refractivity (Wildman–Crippen MR) is 124 cm³/mol. The monoisotopic (exact) mass is 465 g/mol. The smallest absolute Gasteiger partial charge is 0.410 e. The fourth-order valence-corrected chi connectivity index (χ4v) is 5.48. The molecule has 1 aromatic carbocycles. The zero-order valence-electron chi connectivity index (χ0n) is 20.0. The molecular weight excluding hydrogens is 428 g/mol. The molecule has 0 N–H and O–H groups in total. The Hall–Kier alpha value is -2.22. The fraction of sp³-hybridized carbons (Fsp3) is 0.680. The molecule has 0 aromatic heterocycles. The molecule has 3 rings (SSSR count). The van der Waals surface area contributed by atoms with Crippen LogP contribution in [0.5, 0.6) is 0 Å². The molecule has 0 bridgehead atoms. The second kappa shape index (κ2) is 11.8. The van der Waals surface area contributed by atoms with Crippen molar-refractivity contribution in [2.45, 2.75) is 83.5 Å². The second-order valence-electron chi connectivity index (χ2n) is 9.22. The van der Waals surface area contributed by atoms with Crippen molar-refractivity contribution in [1.82, 2.24) is 9.80 Å². The maximum absolute atomic E-state index is 13.3. The molecule has 1 aromatic rings. The van der Waals surface area contributed by atoms with E-state index >= 15 is 0 Å². The van der Waals surface area contributed by atoms with Crippen molar-refractivity contribution in [1.29, 1.82) is 0 Å². The highest BCUT2D eigenvalue weighted by Crippen LogP contribution is 2.31. The number of carbonyl (C=O) groups is 2. The van der Waals surface area contributed by atoms with Crippen LogP contribution in [0.25, 0.3) is 0 Å². The van der Waals surface area contributed by atoms with Crippen LogP contribution in [0, 0.1) is 5.82 Å². The third kappa shape index (κ3) is 6.22. The topological polar surface area (TPSA) is 53.1 Å². The van der Waals surface area contributed by atoms with Crippen molar-refractivity contribution in [3.63, 3.8) is 0 Å². The van der Waals surface area contributed by atoms with Crippen LogP contribution in [0.1, 0.15) is 59.3 Å². The lowest BCUT2D eigenvalue weighted by molar-refractivity contribution is -0.117. The number of carbonyl (C=O) groups excluding carboxylic acids is 2. The Morgan fingerprint density at radius 1 is 1.15 bits per heavy atom. The minimum absolute atomic E-state index is 0.0329. The molecule has 3 atom stereocenters. The van der Waals surface area contributed by atoms with Crippen LogP contribution in [-0.2, 0) is 9.53 Å². The van der Waals surface area contributed by atoms with Gasteiger partial charge in [-0.2, -0.15) is 0 Å². The van der Waals surface area contributed by atoms with Crippen LogP contribution in [0.15, 0.2) is 24.3 Å². The zero-order chi connectivity index (χ0) is 24.0. The van der Waals surface area contributed by atoms with Gasteiger partial charge in [0.25, 0.3) is 0 Å². The molecule has 33 heavy (non-hydrogen) atoms. The zero-order valence-corrected chi connectivity index (χ0v) is 20.0. The Labute approximate surface area is 195 Å². The van der Waals surface area contributed by atoms with Crippen LogP contribution >= 0.6 is 0 Å². The summed E-state index contributed by atoms with van der Waals surface area (Å²) in [7, 11) is 0. The van der Waals surface area contributed by atoms with E-state index in [1.165, 1.54) is 12.1 Å². The molecule has 2 aliphatic heterocycles. The first kappa shape index (κ1) is 25.4. The molecule has 0 spiro atoms. The molecule has 0 aliphatic carbocycles. The van der Waals surface area contributed by atoms with Gasteiger partial charge in [0.2, 0.25) is 5.91 Å². The Kier molecular flexibility index (Phi) is 9.06. The standard InChI is InChI=1S/C25H37F2N3O3/c1-4-21(17-24-8-5-18(2)29(24)25(32)33-16-13-26)28-14-11-23(12-15-28)30(19(3)31)22-9-6-20(27)7-10-22/h6-7,9-10,18,21,23-24H,4-5,8,11-17H2,1-3H3.